The van der Waals surface area contributed by atoms with E-state index in [0.29, 0.717) is 18.9 Å². The number of nitrogens with zero attached hydrogens (tertiary/aromatic N) is 5. The Kier molecular flexibility index (Phi) is 8.17. The summed E-state index contributed by atoms with van der Waals surface area (Å²) < 4.78 is 0. The highest BCUT2D eigenvalue weighted by Crippen LogP contribution is 2.21. The monoisotopic (exact) mass is 448 g/mol. The van der Waals surface area contributed by atoms with Gasteiger partial charge in [0, 0.05) is 58.4 Å². The number of aromatic nitrogens is 1. The topological polar surface area (TPSA) is 64.1 Å². The predicted octanol–water partition coefficient (Wildman–Crippen LogP) is 2.65. The van der Waals surface area contributed by atoms with Crippen LogP contribution in [0.25, 0.3) is 0 Å². The Balaban J connectivity index is 1.23. The van der Waals surface area contributed by atoms with E-state index >= 15 is 0 Å². The molecule has 0 saturated carbocycles. The highest BCUT2D eigenvalue weighted by Gasteiger charge is 2.25. The van der Waals surface area contributed by atoms with Crippen LogP contribution in [0.4, 0.5) is 5.82 Å². The first kappa shape index (κ1) is 23.1. The summed E-state index contributed by atoms with van der Waals surface area (Å²) in [6.07, 6.45) is 4.56. The molecule has 176 valence electrons. The molecule has 1 aromatic carbocycles. The minimum absolute atomic E-state index is 0.193. The van der Waals surface area contributed by atoms with Crippen molar-refractivity contribution >= 4 is 17.7 Å². The lowest BCUT2D eigenvalue weighted by atomic mass is 9.99. The van der Waals surface area contributed by atoms with Gasteiger partial charge in [0.1, 0.15) is 5.82 Å². The molecule has 0 radical (unpaired) electrons. The fraction of sp³-hybridized carbons (Fsp3) is 0.500. The Hall–Kier alpha value is -3.09. The number of amides is 1. The molecule has 7 nitrogen and oxygen atoms in total. The van der Waals surface area contributed by atoms with Crippen molar-refractivity contribution in [2.75, 3.05) is 57.3 Å². The summed E-state index contributed by atoms with van der Waals surface area (Å²) in [5.74, 6) is 2.77. The summed E-state index contributed by atoms with van der Waals surface area (Å²) in [5, 5.41) is 3.42. The van der Waals surface area contributed by atoms with Crippen LogP contribution in [0.15, 0.2) is 59.7 Å². The largest absolute Gasteiger partial charge is 0.357 e. The zero-order chi connectivity index (χ0) is 22.9. The summed E-state index contributed by atoms with van der Waals surface area (Å²) in [4.78, 5) is 28.5. The lowest BCUT2D eigenvalue weighted by Gasteiger charge is -2.35. The van der Waals surface area contributed by atoms with Crippen LogP contribution in [0.5, 0.6) is 0 Å². The molecule has 1 amide bonds. The van der Waals surface area contributed by atoms with Gasteiger partial charge in [-0.25, -0.2) is 4.98 Å². The lowest BCUT2D eigenvalue weighted by molar-refractivity contribution is -0.131. The molecular weight excluding hydrogens is 412 g/mol. The third-order valence-electron chi connectivity index (χ3n) is 6.48. The van der Waals surface area contributed by atoms with Gasteiger partial charge in [-0.05, 0) is 43.4 Å². The maximum Gasteiger partial charge on any atom is 0.224 e. The fourth-order valence-electron chi connectivity index (χ4n) is 4.71. The van der Waals surface area contributed by atoms with Gasteiger partial charge in [-0.2, -0.15) is 0 Å². The second-order valence-corrected chi connectivity index (χ2v) is 8.83. The number of nitrogens with one attached hydrogen (secondary N) is 1. The van der Waals surface area contributed by atoms with Crippen molar-refractivity contribution in [3.63, 3.8) is 0 Å². The van der Waals surface area contributed by atoms with Crippen LogP contribution in [0, 0.1) is 5.92 Å². The number of hydrogen-bond acceptors (Lipinski definition) is 4. The van der Waals surface area contributed by atoms with Gasteiger partial charge in [0.15, 0.2) is 5.96 Å². The number of guanidine groups is 1. The van der Waals surface area contributed by atoms with E-state index in [9.17, 15) is 4.79 Å². The molecule has 0 bridgehead atoms. The number of rotatable bonds is 7. The zero-order valence-electron chi connectivity index (χ0n) is 19.7. The molecule has 2 fully saturated rings. The van der Waals surface area contributed by atoms with Crippen LogP contribution in [0.2, 0.25) is 0 Å². The number of piperazine rings is 1. The number of carbonyl (C=O) groups is 1. The van der Waals surface area contributed by atoms with Crippen molar-refractivity contribution in [3.8, 4) is 0 Å². The maximum absolute atomic E-state index is 12.7. The van der Waals surface area contributed by atoms with Gasteiger partial charge in [0.25, 0.3) is 0 Å². The minimum Gasteiger partial charge on any atom is -0.357 e. The van der Waals surface area contributed by atoms with Gasteiger partial charge < -0.3 is 20.0 Å². The molecule has 2 aliphatic heterocycles. The average molecular weight is 449 g/mol. The summed E-state index contributed by atoms with van der Waals surface area (Å²) >= 11 is 0. The number of likely N-dealkylation sites (tertiary alicyclic amines) is 1. The maximum atomic E-state index is 12.7. The first-order chi connectivity index (χ1) is 16.2. The van der Waals surface area contributed by atoms with E-state index in [4.69, 9.17) is 4.99 Å². The Morgan fingerprint density at radius 3 is 2.55 bits per heavy atom. The third-order valence-corrected chi connectivity index (χ3v) is 6.48. The molecule has 33 heavy (non-hydrogen) atoms. The van der Waals surface area contributed by atoms with Crippen molar-refractivity contribution in [2.45, 2.75) is 26.2 Å². The molecule has 1 unspecified atom stereocenters. The summed E-state index contributed by atoms with van der Waals surface area (Å²) in [6.45, 7) is 8.63. The average Bonchev–Trinajstić information content (AvgIpc) is 3.33. The molecule has 0 spiro atoms. The third kappa shape index (κ3) is 6.46. The van der Waals surface area contributed by atoms with E-state index in [0.717, 1.165) is 64.0 Å². The summed E-state index contributed by atoms with van der Waals surface area (Å²) in [6, 6.07) is 16.7. The van der Waals surface area contributed by atoms with Gasteiger partial charge in [-0.3, -0.25) is 9.79 Å². The summed E-state index contributed by atoms with van der Waals surface area (Å²) in [7, 11) is 0. The van der Waals surface area contributed by atoms with E-state index in [1.807, 2.05) is 29.3 Å². The second kappa shape index (κ2) is 11.7. The molecule has 2 aliphatic rings. The van der Waals surface area contributed by atoms with Crippen LogP contribution in [0.1, 0.15) is 25.3 Å². The van der Waals surface area contributed by atoms with E-state index < -0.39 is 0 Å². The molecule has 1 atom stereocenters. The van der Waals surface area contributed by atoms with E-state index in [-0.39, 0.29) is 5.91 Å². The number of pyridine rings is 1. The van der Waals surface area contributed by atoms with Crippen LogP contribution in [-0.4, -0.2) is 79.0 Å². The van der Waals surface area contributed by atoms with Crippen LogP contribution in [-0.2, 0) is 11.2 Å². The van der Waals surface area contributed by atoms with Crippen molar-refractivity contribution < 1.29 is 4.79 Å². The van der Waals surface area contributed by atoms with Crippen molar-refractivity contribution in [3.05, 3.63) is 60.3 Å². The Bertz CT molecular complexity index is 896. The fourth-order valence-corrected chi connectivity index (χ4v) is 4.71. The van der Waals surface area contributed by atoms with Gasteiger partial charge in [-0.15, -0.1) is 0 Å². The molecule has 1 N–H and O–H groups in total. The van der Waals surface area contributed by atoms with Crippen LogP contribution in [0.3, 0.4) is 0 Å². The van der Waals surface area contributed by atoms with Crippen LogP contribution >= 0.6 is 0 Å². The smallest absolute Gasteiger partial charge is 0.224 e. The molecule has 2 aromatic rings. The lowest BCUT2D eigenvalue weighted by Crippen LogP contribution is -2.49. The highest BCUT2D eigenvalue weighted by molar-refractivity contribution is 5.81. The molecule has 7 heteroatoms. The van der Waals surface area contributed by atoms with E-state index in [1.165, 1.54) is 12.0 Å². The number of hydrogen-bond donors (Lipinski definition) is 1. The first-order valence-electron chi connectivity index (χ1n) is 12.2. The van der Waals surface area contributed by atoms with Crippen molar-refractivity contribution in [1.82, 2.24) is 20.1 Å². The number of anilines is 1. The number of benzene rings is 1. The Labute approximate surface area is 197 Å². The molecule has 3 heterocycles. The summed E-state index contributed by atoms with van der Waals surface area (Å²) in [5.41, 5.74) is 1.40. The van der Waals surface area contributed by atoms with Gasteiger partial charge in [0.05, 0.1) is 6.54 Å². The quantitative estimate of drug-likeness (QED) is 0.521. The molecule has 1 aromatic heterocycles. The van der Waals surface area contributed by atoms with Gasteiger partial charge >= 0.3 is 0 Å². The van der Waals surface area contributed by atoms with Crippen LogP contribution < -0.4 is 10.2 Å². The SMILES string of the molecule is CCNC(=NCCC(=O)N1CCN(c2ccccn2)CC1)N1CCC(Cc2ccccc2)C1. The van der Waals surface area contributed by atoms with Gasteiger partial charge in [0.2, 0.25) is 5.91 Å². The van der Waals surface area contributed by atoms with Gasteiger partial charge in [-0.1, -0.05) is 36.4 Å². The number of aliphatic imine (C=N–C) groups is 1. The number of carbonyl (C=O) groups excluding carboxylic acids is 1. The molecule has 4 rings (SSSR count). The highest BCUT2D eigenvalue weighted by atomic mass is 16.2. The second-order valence-electron chi connectivity index (χ2n) is 8.83. The van der Waals surface area contributed by atoms with E-state index in [2.05, 4.69) is 57.4 Å². The zero-order valence-corrected chi connectivity index (χ0v) is 19.7. The first-order valence-corrected chi connectivity index (χ1v) is 12.2. The van der Waals surface area contributed by atoms with Crippen molar-refractivity contribution in [2.24, 2.45) is 10.9 Å². The Morgan fingerprint density at radius 1 is 1.03 bits per heavy atom. The molecule has 2 saturated heterocycles. The standard InChI is InChI=1S/C26H36N6O/c1-2-27-26(32-15-12-23(21-32)20-22-8-4-3-5-9-22)29-14-11-25(33)31-18-16-30(17-19-31)24-10-6-7-13-28-24/h3-10,13,23H,2,11-12,14-21H2,1H3,(H,27,29). The predicted molar refractivity (Wildman–Crippen MR) is 133 cm³/mol. The normalized spacial score (nSPS) is 19.1. The molecule has 0 aliphatic carbocycles. The van der Waals surface area contributed by atoms with E-state index in [1.54, 1.807) is 0 Å². The Morgan fingerprint density at radius 2 is 1.82 bits per heavy atom. The molecular formula is C26H36N6O. The minimum atomic E-state index is 0.193. The van der Waals surface area contributed by atoms with Crippen molar-refractivity contribution in [1.29, 1.82) is 0 Å².